The Labute approximate surface area is 120 Å². The Hall–Kier alpha value is -1.79. The van der Waals surface area contributed by atoms with Crippen LogP contribution in [0.4, 0.5) is 0 Å². The van der Waals surface area contributed by atoms with Gasteiger partial charge in [-0.1, -0.05) is 18.8 Å². The van der Waals surface area contributed by atoms with E-state index in [1.165, 1.54) is 12.8 Å². The molecule has 1 aromatic rings. The van der Waals surface area contributed by atoms with Crippen LogP contribution in [-0.2, 0) is 0 Å². The average molecular weight is 270 g/mol. The maximum Gasteiger partial charge on any atom is 0.251 e. The predicted molar refractivity (Wildman–Crippen MR) is 81.3 cm³/mol. The van der Waals surface area contributed by atoms with Crippen LogP contribution in [0.1, 0.15) is 41.3 Å². The molecule has 1 unspecified atom stereocenters. The Kier molecular flexibility index (Phi) is 4.81. The van der Waals surface area contributed by atoms with Crippen LogP contribution in [-0.4, -0.2) is 19.0 Å². The summed E-state index contributed by atoms with van der Waals surface area (Å²) in [5.74, 6) is 7.22. The zero-order chi connectivity index (χ0) is 14.5. The second kappa shape index (κ2) is 6.58. The third-order valence-corrected chi connectivity index (χ3v) is 3.83. The standard InChI is InChI=1S/C17H22N2O/c1-12-10-16(8-7-14(12)4-3-9-18)17(20)19-11-13(2)15-5-6-15/h7-8,10,13,15H,5-6,9,11,18H2,1-2H3,(H,19,20). The van der Waals surface area contributed by atoms with E-state index >= 15 is 0 Å². The number of aryl methyl sites for hydroxylation is 1. The Balaban J connectivity index is 1.97. The monoisotopic (exact) mass is 270 g/mol. The van der Waals surface area contributed by atoms with Gasteiger partial charge in [0, 0.05) is 17.7 Å². The molecule has 3 N–H and O–H groups in total. The first-order chi connectivity index (χ1) is 9.61. The van der Waals surface area contributed by atoms with Crippen LogP contribution in [0.2, 0.25) is 0 Å². The van der Waals surface area contributed by atoms with Gasteiger partial charge < -0.3 is 11.1 Å². The van der Waals surface area contributed by atoms with E-state index in [4.69, 9.17) is 5.73 Å². The van der Waals surface area contributed by atoms with Crippen molar-refractivity contribution in [3.8, 4) is 11.8 Å². The van der Waals surface area contributed by atoms with E-state index in [1.54, 1.807) is 0 Å². The molecule has 2 rings (SSSR count). The Bertz CT molecular complexity index is 550. The van der Waals surface area contributed by atoms with Gasteiger partial charge >= 0.3 is 0 Å². The van der Waals surface area contributed by atoms with Crippen LogP contribution < -0.4 is 11.1 Å². The normalized spacial score (nSPS) is 15.2. The minimum atomic E-state index is -0.000987. The average Bonchev–Trinajstić information content (AvgIpc) is 3.27. The summed E-state index contributed by atoms with van der Waals surface area (Å²) in [4.78, 5) is 12.1. The van der Waals surface area contributed by atoms with E-state index < -0.39 is 0 Å². The minimum Gasteiger partial charge on any atom is -0.352 e. The zero-order valence-corrected chi connectivity index (χ0v) is 12.2. The summed E-state index contributed by atoms with van der Waals surface area (Å²) >= 11 is 0. The van der Waals surface area contributed by atoms with Gasteiger partial charge in [-0.05, 0) is 55.4 Å². The number of carbonyl (C=O) groups is 1. The first-order valence-electron chi connectivity index (χ1n) is 7.19. The molecule has 0 aliphatic heterocycles. The summed E-state index contributed by atoms with van der Waals surface area (Å²) in [5.41, 5.74) is 8.00. The lowest BCUT2D eigenvalue weighted by Crippen LogP contribution is -2.29. The number of benzene rings is 1. The summed E-state index contributed by atoms with van der Waals surface area (Å²) < 4.78 is 0. The van der Waals surface area contributed by atoms with Gasteiger partial charge in [0.2, 0.25) is 0 Å². The minimum absolute atomic E-state index is 0.000987. The van der Waals surface area contributed by atoms with E-state index in [2.05, 4.69) is 24.1 Å². The third kappa shape index (κ3) is 3.85. The topological polar surface area (TPSA) is 55.1 Å². The fourth-order valence-electron chi connectivity index (χ4n) is 2.28. The van der Waals surface area contributed by atoms with Gasteiger partial charge in [0.05, 0.1) is 6.54 Å². The fourth-order valence-corrected chi connectivity index (χ4v) is 2.28. The van der Waals surface area contributed by atoms with Crippen molar-refractivity contribution >= 4 is 5.91 Å². The van der Waals surface area contributed by atoms with Crippen LogP contribution >= 0.6 is 0 Å². The molecule has 3 nitrogen and oxygen atoms in total. The molecule has 20 heavy (non-hydrogen) atoms. The summed E-state index contributed by atoms with van der Waals surface area (Å²) in [6.45, 7) is 5.27. The summed E-state index contributed by atoms with van der Waals surface area (Å²) in [6, 6.07) is 5.60. The van der Waals surface area contributed by atoms with E-state index in [0.29, 0.717) is 18.0 Å². The Morgan fingerprint density at radius 3 is 2.85 bits per heavy atom. The van der Waals surface area contributed by atoms with Crippen LogP contribution in [0, 0.1) is 30.6 Å². The summed E-state index contributed by atoms with van der Waals surface area (Å²) in [7, 11) is 0. The second-order valence-electron chi connectivity index (χ2n) is 5.56. The van der Waals surface area contributed by atoms with E-state index in [-0.39, 0.29) is 5.91 Å². The molecular formula is C17H22N2O. The Morgan fingerprint density at radius 2 is 2.25 bits per heavy atom. The molecule has 1 fully saturated rings. The van der Waals surface area contributed by atoms with Gasteiger partial charge in [0.1, 0.15) is 0 Å². The quantitative estimate of drug-likeness (QED) is 0.823. The Morgan fingerprint density at radius 1 is 1.50 bits per heavy atom. The van der Waals surface area contributed by atoms with Crippen molar-refractivity contribution in [1.82, 2.24) is 5.32 Å². The largest absolute Gasteiger partial charge is 0.352 e. The molecule has 1 aromatic carbocycles. The van der Waals surface area contributed by atoms with Gasteiger partial charge in [0.25, 0.3) is 5.91 Å². The second-order valence-corrected chi connectivity index (χ2v) is 5.56. The molecule has 0 saturated heterocycles. The highest BCUT2D eigenvalue weighted by atomic mass is 16.1. The predicted octanol–water partition coefficient (Wildman–Crippen LogP) is 2.08. The number of nitrogens with one attached hydrogen (secondary N) is 1. The molecule has 1 aliphatic carbocycles. The maximum atomic E-state index is 12.1. The van der Waals surface area contributed by atoms with Gasteiger partial charge in [-0.25, -0.2) is 0 Å². The van der Waals surface area contributed by atoms with E-state index in [0.717, 1.165) is 23.6 Å². The molecule has 0 aromatic heterocycles. The molecule has 1 amide bonds. The van der Waals surface area contributed by atoms with Crippen LogP contribution in [0.15, 0.2) is 18.2 Å². The molecule has 0 spiro atoms. The molecular weight excluding hydrogens is 248 g/mol. The number of carbonyl (C=O) groups excluding carboxylic acids is 1. The first-order valence-corrected chi connectivity index (χ1v) is 7.19. The van der Waals surface area contributed by atoms with Gasteiger partial charge in [-0.2, -0.15) is 0 Å². The fraction of sp³-hybridized carbons (Fsp3) is 0.471. The SMILES string of the molecule is Cc1cc(C(=O)NCC(C)C2CC2)ccc1C#CCN. The maximum absolute atomic E-state index is 12.1. The molecule has 106 valence electrons. The summed E-state index contributed by atoms with van der Waals surface area (Å²) in [6.07, 6.45) is 2.62. The number of nitrogens with two attached hydrogens (primary N) is 1. The van der Waals surface area contributed by atoms with Crippen molar-refractivity contribution in [2.24, 2.45) is 17.6 Å². The van der Waals surface area contributed by atoms with Crippen molar-refractivity contribution in [2.75, 3.05) is 13.1 Å². The summed E-state index contributed by atoms with van der Waals surface area (Å²) in [5, 5.41) is 3.01. The van der Waals surface area contributed by atoms with Crippen molar-refractivity contribution in [3.63, 3.8) is 0 Å². The molecule has 1 atom stereocenters. The first kappa shape index (κ1) is 14.6. The number of hydrogen-bond donors (Lipinski definition) is 2. The molecule has 0 heterocycles. The van der Waals surface area contributed by atoms with Crippen molar-refractivity contribution < 1.29 is 4.79 Å². The molecule has 1 saturated carbocycles. The smallest absolute Gasteiger partial charge is 0.251 e. The van der Waals surface area contributed by atoms with Gasteiger partial charge in [0.15, 0.2) is 0 Å². The molecule has 3 heteroatoms. The number of hydrogen-bond acceptors (Lipinski definition) is 2. The lowest BCUT2D eigenvalue weighted by Gasteiger charge is -2.12. The van der Waals surface area contributed by atoms with Crippen molar-refractivity contribution in [2.45, 2.75) is 26.7 Å². The third-order valence-electron chi connectivity index (χ3n) is 3.83. The van der Waals surface area contributed by atoms with Gasteiger partial charge in [-0.3, -0.25) is 4.79 Å². The van der Waals surface area contributed by atoms with Crippen LogP contribution in [0.5, 0.6) is 0 Å². The highest BCUT2D eigenvalue weighted by Gasteiger charge is 2.27. The molecule has 0 radical (unpaired) electrons. The van der Waals surface area contributed by atoms with Crippen LogP contribution in [0.25, 0.3) is 0 Å². The molecule has 1 aliphatic rings. The lowest BCUT2D eigenvalue weighted by molar-refractivity contribution is 0.0946. The molecule has 0 bridgehead atoms. The highest BCUT2D eigenvalue weighted by molar-refractivity contribution is 5.94. The van der Waals surface area contributed by atoms with Crippen molar-refractivity contribution in [3.05, 3.63) is 34.9 Å². The van der Waals surface area contributed by atoms with Crippen molar-refractivity contribution in [1.29, 1.82) is 0 Å². The zero-order valence-electron chi connectivity index (χ0n) is 12.2. The number of rotatable bonds is 4. The van der Waals surface area contributed by atoms with Crippen LogP contribution in [0.3, 0.4) is 0 Å². The highest BCUT2D eigenvalue weighted by Crippen LogP contribution is 2.36. The van der Waals surface area contributed by atoms with Gasteiger partial charge in [-0.15, -0.1) is 0 Å². The van der Waals surface area contributed by atoms with E-state index in [9.17, 15) is 4.79 Å². The number of amides is 1. The van der Waals surface area contributed by atoms with E-state index in [1.807, 2.05) is 25.1 Å². The lowest BCUT2D eigenvalue weighted by atomic mass is 10.0.